The minimum atomic E-state index is -3.71. The molecule has 7 heteroatoms. The SMILES string of the molecule is COc1ccc(S(N)(=O)=O)cc1NC1CCCN(C)CC1. The summed E-state index contributed by atoms with van der Waals surface area (Å²) in [5, 5.41) is 8.59. The number of nitrogens with two attached hydrogens (primary N) is 1. The number of nitrogens with one attached hydrogen (secondary N) is 1. The van der Waals surface area contributed by atoms with Crippen molar-refractivity contribution < 1.29 is 13.2 Å². The van der Waals surface area contributed by atoms with Gasteiger partial charge in [-0.3, -0.25) is 0 Å². The predicted molar refractivity (Wildman–Crippen MR) is 83.1 cm³/mol. The maximum atomic E-state index is 11.5. The standard InChI is InChI=1S/C14H23N3O3S/c1-17-8-3-4-11(7-9-17)16-13-10-12(21(15,18)19)5-6-14(13)20-2/h5-6,10-11,16H,3-4,7-9H2,1-2H3,(H2,15,18,19). The minimum Gasteiger partial charge on any atom is -0.495 e. The second-order valence-electron chi connectivity index (χ2n) is 5.48. The molecule has 2 rings (SSSR count). The van der Waals surface area contributed by atoms with Crippen LogP contribution >= 0.6 is 0 Å². The Kier molecular flexibility index (Phi) is 5.08. The summed E-state index contributed by atoms with van der Waals surface area (Å²) in [6.45, 7) is 2.11. The normalized spacial score (nSPS) is 20.8. The molecule has 0 bridgehead atoms. The van der Waals surface area contributed by atoms with Crippen LogP contribution in [0.4, 0.5) is 5.69 Å². The molecule has 1 atom stereocenters. The number of nitrogens with zero attached hydrogens (tertiary/aromatic N) is 1. The average molecular weight is 313 g/mol. The van der Waals surface area contributed by atoms with Crippen LogP contribution in [0.2, 0.25) is 0 Å². The first-order chi connectivity index (χ1) is 9.90. The Morgan fingerprint density at radius 1 is 1.33 bits per heavy atom. The Hall–Kier alpha value is -1.31. The number of sulfonamides is 1. The van der Waals surface area contributed by atoms with E-state index in [1.807, 2.05) is 0 Å². The Balaban J connectivity index is 2.21. The molecular formula is C14H23N3O3S. The quantitative estimate of drug-likeness (QED) is 0.873. The van der Waals surface area contributed by atoms with Crippen LogP contribution in [0.5, 0.6) is 5.75 Å². The molecule has 1 fully saturated rings. The van der Waals surface area contributed by atoms with Gasteiger partial charge in [0.2, 0.25) is 10.0 Å². The lowest BCUT2D eigenvalue weighted by atomic mass is 10.1. The van der Waals surface area contributed by atoms with Crippen molar-refractivity contribution in [1.82, 2.24) is 4.90 Å². The van der Waals surface area contributed by atoms with Crippen LogP contribution in [0.1, 0.15) is 19.3 Å². The summed E-state index contributed by atoms with van der Waals surface area (Å²) in [4.78, 5) is 2.40. The molecule has 1 aromatic rings. The molecule has 1 unspecified atom stereocenters. The Morgan fingerprint density at radius 3 is 2.76 bits per heavy atom. The molecule has 0 aliphatic carbocycles. The van der Waals surface area contributed by atoms with Gasteiger partial charge in [0.1, 0.15) is 5.75 Å². The van der Waals surface area contributed by atoms with E-state index in [9.17, 15) is 8.42 Å². The van der Waals surface area contributed by atoms with Gasteiger partial charge in [0, 0.05) is 6.04 Å². The van der Waals surface area contributed by atoms with Crippen molar-refractivity contribution in [2.24, 2.45) is 5.14 Å². The fraction of sp³-hybridized carbons (Fsp3) is 0.571. The van der Waals surface area contributed by atoms with Gasteiger partial charge < -0.3 is 15.0 Å². The van der Waals surface area contributed by atoms with Crippen LogP contribution < -0.4 is 15.2 Å². The maximum Gasteiger partial charge on any atom is 0.238 e. The number of likely N-dealkylation sites (tertiary alicyclic amines) is 1. The Labute approximate surface area is 126 Å². The molecule has 1 aromatic carbocycles. The van der Waals surface area contributed by atoms with Crippen LogP contribution in [0.3, 0.4) is 0 Å². The Morgan fingerprint density at radius 2 is 2.10 bits per heavy atom. The molecule has 1 aliphatic heterocycles. The van der Waals surface area contributed by atoms with E-state index in [4.69, 9.17) is 9.88 Å². The molecule has 1 aliphatic rings. The summed E-state index contributed by atoms with van der Waals surface area (Å²) in [6.07, 6.45) is 3.18. The van der Waals surface area contributed by atoms with E-state index in [2.05, 4.69) is 17.3 Å². The van der Waals surface area contributed by atoms with Gasteiger partial charge in [-0.1, -0.05) is 0 Å². The lowest BCUT2D eigenvalue weighted by molar-refractivity contribution is 0.348. The van der Waals surface area contributed by atoms with Crippen molar-refractivity contribution in [1.29, 1.82) is 0 Å². The van der Waals surface area contributed by atoms with Crippen LogP contribution in [0, 0.1) is 0 Å². The molecule has 1 heterocycles. The smallest absolute Gasteiger partial charge is 0.238 e. The van der Waals surface area contributed by atoms with Gasteiger partial charge in [0.05, 0.1) is 17.7 Å². The third-order valence-electron chi connectivity index (χ3n) is 3.81. The zero-order chi connectivity index (χ0) is 15.5. The lowest BCUT2D eigenvalue weighted by Crippen LogP contribution is -2.23. The third-order valence-corrected chi connectivity index (χ3v) is 4.72. The zero-order valence-electron chi connectivity index (χ0n) is 12.5. The highest BCUT2D eigenvalue weighted by atomic mass is 32.2. The van der Waals surface area contributed by atoms with Crippen molar-refractivity contribution in [2.75, 3.05) is 32.6 Å². The molecule has 6 nitrogen and oxygen atoms in total. The summed E-state index contributed by atoms with van der Waals surface area (Å²) < 4.78 is 28.3. The first-order valence-corrected chi connectivity index (χ1v) is 8.60. The number of hydrogen-bond donors (Lipinski definition) is 2. The van der Waals surface area contributed by atoms with Crippen molar-refractivity contribution in [3.8, 4) is 5.75 Å². The number of anilines is 1. The first kappa shape index (κ1) is 16.1. The van der Waals surface area contributed by atoms with E-state index in [-0.39, 0.29) is 4.90 Å². The molecular weight excluding hydrogens is 290 g/mol. The van der Waals surface area contributed by atoms with E-state index in [0.29, 0.717) is 17.5 Å². The summed E-state index contributed by atoms with van der Waals surface area (Å²) in [6, 6.07) is 4.94. The molecule has 118 valence electrons. The van der Waals surface area contributed by atoms with Gasteiger partial charge >= 0.3 is 0 Å². The fourth-order valence-electron chi connectivity index (χ4n) is 2.58. The van der Waals surface area contributed by atoms with Crippen LogP contribution in [0.15, 0.2) is 23.1 Å². The number of benzene rings is 1. The monoisotopic (exact) mass is 313 g/mol. The molecule has 0 spiro atoms. The highest BCUT2D eigenvalue weighted by Gasteiger charge is 2.18. The summed E-state index contributed by atoms with van der Waals surface area (Å²) >= 11 is 0. The molecule has 0 saturated carbocycles. The molecule has 3 N–H and O–H groups in total. The second-order valence-corrected chi connectivity index (χ2v) is 7.04. The van der Waals surface area contributed by atoms with Gasteiger partial charge in [-0.05, 0) is 57.6 Å². The minimum absolute atomic E-state index is 0.0940. The zero-order valence-corrected chi connectivity index (χ0v) is 13.3. The maximum absolute atomic E-state index is 11.5. The highest BCUT2D eigenvalue weighted by molar-refractivity contribution is 7.89. The number of rotatable bonds is 4. The van der Waals surface area contributed by atoms with Gasteiger partial charge in [0.25, 0.3) is 0 Å². The number of ether oxygens (including phenoxy) is 1. The van der Waals surface area contributed by atoms with Gasteiger partial charge in [-0.25, -0.2) is 13.6 Å². The van der Waals surface area contributed by atoms with Gasteiger partial charge in [-0.2, -0.15) is 0 Å². The predicted octanol–water partition coefficient (Wildman–Crippen LogP) is 1.24. The number of methoxy groups -OCH3 is 1. The van der Waals surface area contributed by atoms with E-state index in [1.165, 1.54) is 6.07 Å². The first-order valence-electron chi connectivity index (χ1n) is 7.06. The summed E-state index contributed by atoms with van der Waals surface area (Å²) in [7, 11) is -0.0278. The van der Waals surface area contributed by atoms with Crippen molar-refractivity contribution >= 4 is 15.7 Å². The van der Waals surface area contributed by atoms with E-state index in [1.54, 1.807) is 19.2 Å². The van der Waals surface area contributed by atoms with E-state index >= 15 is 0 Å². The molecule has 1 saturated heterocycles. The Bertz CT molecular complexity index is 589. The van der Waals surface area contributed by atoms with E-state index in [0.717, 1.165) is 32.4 Å². The van der Waals surface area contributed by atoms with Crippen LogP contribution in [-0.2, 0) is 10.0 Å². The van der Waals surface area contributed by atoms with Gasteiger partial charge in [-0.15, -0.1) is 0 Å². The highest BCUT2D eigenvalue weighted by Crippen LogP contribution is 2.29. The lowest BCUT2D eigenvalue weighted by Gasteiger charge is -2.20. The molecule has 0 amide bonds. The topological polar surface area (TPSA) is 84.7 Å². The van der Waals surface area contributed by atoms with Crippen LogP contribution in [0.25, 0.3) is 0 Å². The average Bonchev–Trinajstić information content (AvgIpc) is 2.63. The van der Waals surface area contributed by atoms with Crippen molar-refractivity contribution in [2.45, 2.75) is 30.2 Å². The van der Waals surface area contributed by atoms with Gasteiger partial charge in [0.15, 0.2) is 0 Å². The number of hydrogen-bond acceptors (Lipinski definition) is 5. The fourth-order valence-corrected chi connectivity index (χ4v) is 3.12. The largest absolute Gasteiger partial charge is 0.495 e. The van der Waals surface area contributed by atoms with Crippen molar-refractivity contribution in [3.05, 3.63) is 18.2 Å². The summed E-state index contributed by atoms with van der Waals surface area (Å²) in [5.41, 5.74) is 0.679. The molecule has 0 aromatic heterocycles. The van der Waals surface area contributed by atoms with Crippen LogP contribution in [-0.4, -0.2) is 46.6 Å². The summed E-state index contributed by atoms with van der Waals surface area (Å²) in [5.74, 6) is 0.625. The second kappa shape index (κ2) is 6.64. The van der Waals surface area contributed by atoms with Crippen molar-refractivity contribution in [3.63, 3.8) is 0 Å². The number of primary sulfonamides is 1. The third kappa shape index (κ3) is 4.33. The van der Waals surface area contributed by atoms with E-state index < -0.39 is 10.0 Å². The molecule has 0 radical (unpaired) electrons. The molecule has 21 heavy (non-hydrogen) atoms.